The number of amidine groups is 1. The maximum Gasteiger partial charge on any atom is 0.337 e. The summed E-state index contributed by atoms with van der Waals surface area (Å²) in [6.07, 6.45) is 1.66. The van der Waals surface area contributed by atoms with Gasteiger partial charge in [0.25, 0.3) is 5.91 Å². The molecule has 1 saturated heterocycles. The lowest BCUT2D eigenvalue weighted by Crippen LogP contribution is -2.23. The first-order valence-electron chi connectivity index (χ1n) is 9.69. The molecule has 2 aromatic carbocycles. The van der Waals surface area contributed by atoms with Crippen molar-refractivity contribution in [3.63, 3.8) is 0 Å². The van der Waals surface area contributed by atoms with Gasteiger partial charge in [-0.15, -0.1) is 0 Å². The number of hydrogen-bond donors (Lipinski definition) is 1. The van der Waals surface area contributed by atoms with Gasteiger partial charge in [-0.25, -0.2) is 9.79 Å². The molecule has 0 aliphatic carbocycles. The van der Waals surface area contributed by atoms with Crippen LogP contribution in [0.1, 0.15) is 27.2 Å². The van der Waals surface area contributed by atoms with Crippen molar-refractivity contribution in [2.24, 2.45) is 4.99 Å². The van der Waals surface area contributed by atoms with Crippen LogP contribution in [0, 0.1) is 13.8 Å². The van der Waals surface area contributed by atoms with Gasteiger partial charge in [0.2, 0.25) is 0 Å². The predicted molar refractivity (Wildman–Crippen MR) is 127 cm³/mol. The number of carbonyl (C=O) groups is 2. The van der Waals surface area contributed by atoms with E-state index in [-0.39, 0.29) is 16.5 Å². The lowest BCUT2D eigenvalue weighted by atomic mass is 10.1. The normalized spacial score (nSPS) is 16.4. The van der Waals surface area contributed by atoms with Gasteiger partial charge in [-0.3, -0.25) is 9.69 Å². The number of aliphatic imine (C=N–C) groups is 1. The molecule has 0 bridgehead atoms. The number of carboxylic acids is 1. The minimum absolute atomic E-state index is 0.00387. The zero-order valence-corrected chi connectivity index (χ0v) is 19.1. The van der Waals surface area contributed by atoms with Gasteiger partial charge in [0.05, 0.1) is 21.2 Å². The largest absolute Gasteiger partial charge is 0.478 e. The van der Waals surface area contributed by atoms with Crippen LogP contribution in [0.2, 0.25) is 5.02 Å². The maximum absolute atomic E-state index is 12.7. The van der Waals surface area contributed by atoms with Crippen LogP contribution in [0.15, 0.2) is 62.8 Å². The molecule has 4 rings (SSSR count). The molecule has 1 fully saturated rings. The molecule has 162 valence electrons. The molecule has 32 heavy (non-hydrogen) atoms. The number of carbonyl (C=O) groups excluding carboxylic acids is 1. The van der Waals surface area contributed by atoms with Crippen LogP contribution >= 0.6 is 23.4 Å². The van der Waals surface area contributed by atoms with Gasteiger partial charge in [0.1, 0.15) is 11.5 Å². The number of likely N-dealkylation sites (N-methyl/N-ethyl adjacent to an activating group) is 1. The van der Waals surface area contributed by atoms with E-state index in [2.05, 4.69) is 4.99 Å². The highest BCUT2D eigenvalue weighted by Crippen LogP contribution is 2.34. The van der Waals surface area contributed by atoms with E-state index in [1.807, 2.05) is 32.0 Å². The molecule has 1 aromatic heterocycles. The Morgan fingerprint density at radius 3 is 2.62 bits per heavy atom. The highest BCUT2D eigenvalue weighted by atomic mass is 35.5. The molecule has 0 unspecified atom stereocenters. The van der Waals surface area contributed by atoms with Crippen LogP contribution in [0.3, 0.4) is 0 Å². The second-order valence-electron chi connectivity index (χ2n) is 7.34. The summed E-state index contributed by atoms with van der Waals surface area (Å²) in [5.74, 6) is -0.333. The summed E-state index contributed by atoms with van der Waals surface area (Å²) in [5.41, 5.74) is 3.68. The van der Waals surface area contributed by atoms with E-state index in [0.717, 1.165) is 11.3 Å². The summed E-state index contributed by atoms with van der Waals surface area (Å²) in [4.78, 5) is 30.6. The second kappa shape index (κ2) is 8.68. The van der Waals surface area contributed by atoms with Gasteiger partial charge < -0.3 is 9.52 Å². The number of hydrogen-bond acceptors (Lipinski definition) is 5. The molecule has 0 spiro atoms. The van der Waals surface area contributed by atoms with Crippen molar-refractivity contribution in [1.29, 1.82) is 0 Å². The third-order valence-corrected chi connectivity index (χ3v) is 6.49. The predicted octanol–water partition coefficient (Wildman–Crippen LogP) is 6.15. The number of aryl methyl sites for hydroxylation is 2. The minimum Gasteiger partial charge on any atom is -0.478 e. The van der Waals surface area contributed by atoms with Crippen LogP contribution in [0.5, 0.6) is 0 Å². The molecule has 1 aliphatic heterocycles. The van der Waals surface area contributed by atoms with E-state index in [0.29, 0.717) is 27.2 Å². The molecule has 3 aromatic rings. The molecular weight excluding hydrogens is 448 g/mol. The monoisotopic (exact) mass is 466 g/mol. The van der Waals surface area contributed by atoms with Gasteiger partial charge in [0.15, 0.2) is 5.17 Å². The summed E-state index contributed by atoms with van der Waals surface area (Å²) >= 11 is 7.21. The zero-order valence-electron chi connectivity index (χ0n) is 17.5. The summed E-state index contributed by atoms with van der Waals surface area (Å²) < 4.78 is 5.84. The van der Waals surface area contributed by atoms with Crippen molar-refractivity contribution < 1.29 is 19.1 Å². The van der Waals surface area contributed by atoms with E-state index in [1.54, 1.807) is 31.3 Å². The van der Waals surface area contributed by atoms with E-state index >= 15 is 0 Å². The first-order chi connectivity index (χ1) is 15.2. The fourth-order valence-corrected chi connectivity index (χ4v) is 4.28. The smallest absolute Gasteiger partial charge is 0.337 e. The van der Waals surface area contributed by atoms with Crippen LogP contribution in [-0.4, -0.2) is 34.1 Å². The van der Waals surface area contributed by atoms with Gasteiger partial charge in [-0.1, -0.05) is 17.7 Å². The lowest BCUT2D eigenvalue weighted by Gasteiger charge is -2.08. The fraction of sp³-hybridized carbons (Fsp3) is 0.125. The average Bonchev–Trinajstić information content (AvgIpc) is 3.32. The van der Waals surface area contributed by atoms with Crippen molar-refractivity contribution in [3.05, 3.63) is 80.9 Å². The van der Waals surface area contributed by atoms with Crippen LogP contribution < -0.4 is 0 Å². The van der Waals surface area contributed by atoms with E-state index in [9.17, 15) is 14.7 Å². The summed E-state index contributed by atoms with van der Waals surface area (Å²) in [7, 11) is 1.69. The Labute approximate surface area is 194 Å². The number of rotatable bonds is 4. The van der Waals surface area contributed by atoms with Crippen LogP contribution in [0.4, 0.5) is 5.69 Å². The van der Waals surface area contributed by atoms with Gasteiger partial charge in [-0.2, -0.15) is 0 Å². The molecule has 1 N–H and O–H groups in total. The Balaban J connectivity index is 1.60. The summed E-state index contributed by atoms with van der Waals surface area (Å²) in [6, 6.07) is 14.0. The van der Waals surface area contributed by atoms with E-state index in [4.69, 9.17) is 16.0 Å². The van der Waals surface area contributed by atoms with Crippen LogP contribution in [-0.2, 0) is 4.79 Å². The fourth-order valence-electron chi connectivity index (χ4n) is 3.11. The first kappa shape index (κ1) is 21.9. The third-order valence-electron chi connectivity index (χ3n) is 5.10. The molecular formula is C24H19ClN2O4S. The minimum atomic E-state index is -1.11. The quantitative estimate of drug-likeness (QED) is 0.466. The molecule has 2 heterocycles. The zero-order chi connectivity index (χ0) is 23.0. The number of halogens is 1. The Morgan fingerprint density at radius 1 is 1.12 bits per heavy atom. The number of nitrogens with zero attached hydrogens (tertiary/aromatic N) is 2. The van der Waals surface area contributed by atoms with Crippen molar-refractivity contribution in [1.82, 2.24) is 4.90 Å². The second-order valence-corrected chi connectivity index (χ2v) is 8.76. The molecule has 0 atom stereocenters. The average molecular weight is 467 g/mol. The first-order valence-corrected chi connectivity index (χ1v) is 10.9. The Hall–Kier alpha value is -3.29. The number of amides is 1. The topological polar surface area (TPSA) is 83.1 Å². The molecule has 0 radical (unpaired) electrons. The standard InChI is InChI=1S/C24H19ClN2O4S/c1-13-4-6-16(10-14(13)2)26-24-27(3)22(28)21(32-24)12-17-7-9-20(31-17)15-5-8-19(25)18(11-15)23(29)30/h4-12H,1-3H3,(H,29,30)/b21-12+,26-24?. The van der Waals surface area contributed by atoms with Gasteiger partial charge >= 0.3 is 5.97 Å². The van der Waals surface area contributed by atoms with Gasteiger partial charge in [0, 0.05) is 18.7 Å². The Bertz CT molecular complexity index is 1310. The lowest BCUT2D eigenvalue weighted by molar-refractivity contribution is -0.121. The number of thioether (sulfide) groups is 1. The third kappa shape index (κ3) is 4.35. The van der Waals surface area contributed by atoms with Crippen molar-refractivity contribution in [3.8, 4) is 11.3 Å². The highest BCUT2D eigenvalue weighted by molar-refractivity contribution is 8.18. The number of carboxylic acid groups (broad SMARTS) is 1. The molecule has 6 nitrogen and oxygen atoms in total. The van der Waals surface area contributed by atoms with Crippen molar-refractivity contribution in [2.45, 2.75) is 13.8 Å². The highest BCUT2D eigenvalue weighted by Gasteiger charge is 2.30. The van der Waals surface area contributed by atoms with Gasteiger partial charge in [-0.05, 0) is 79.2 Å². The van der Waals surface area contributed by atoms with E-state index in [1.165, 1.54) is 34.4 Å². The van der Waals surface area contributed by atoms with E-state index < -0.39 is 5.97 Å². The number of benzene rings is 2. The number of furan rings is 1. The molecule has 1 aliphatic rings. The molecule has 0 saturated carbocycles. The van der Waals surface area contributed by atoms with Crippen LogP contribution in [0.25, 0.3) is 17.4 Å². The maximum atomic E-state index is 12.7. The van der Waals surface area contributed by atoms with Crippen molar-refractivity contribution >= 4 is 52.2 Å². The summed E-state index contributed by atoms with van der Waals surface area (Å²) in [5, 5.41) is 10.0. The summed E-state index contributed by atoms with van der Waals surface area (Å²) in [6.45, 7) is 4.06. The Morgan fingerprint density at radius 2 is 1.91 bits per heavy atom. The molecule has 1 amide bonds. The van der Waals surface area contributed by atoms with Crippen molar-refractivity contribution in [2.75, 3.05) is 7.05 Å². The molecule has 8 heteroatoms. The SMILES string of the molecule is Cc1ccc(N=C2S/C(=C/c3ccc(-c4ccc(Cl)c(C(=O)O)c4)o3)C(=O)N2C)cc1C. The number of aromatic carboxylic acids is 1. The Kier molecular flexibility index (Phi) is 5.95.